The van der Waals surface area contributed by atoms with Crippen LogP contribution in [-0.4, -0.2) is 9.78 Å². The number of nitrogens with one attached hydrogen (secondary N) is 1. The Morgan fingerprint density at radius 2 is 2.35 bits per heavy atom. The molecule has 0 fully saturated rings. The summed E-state index contributed by atoms with van der Waals surface area (Å²) in [7, 11) is 1.92. The molecule has 0 spiro atoms. The Kier molecular flexibility index (Phi) is 3.86. The van der Waals surface area contributed by atoms with E-state index in [-0.39, 0.29) is 0 Å². The number of thiophene rings is 1. The fourth-order valence-electron chi connectivity index (χ4n) is 1.76. The van der Waals surface area contributed by atoms with Gasteiger partial charge in [0.25, 0.3) is 0 Å². The van der Waals surface area contributed by atoms with E-state index in [0.29, 0.717) is 6.04 Å². The van der Waals surface area contributed by atoms with Crippen molar-refractivity contribution in [1.82, 2.24) is 15.1 Å². The number of aryl methyl sites for hydroxylation is 2. The minimum absolute atomic E-state index is 0.335. The lowest BCUT2D eigenvalue weighted by atomic mass is 10.2. The summed E-state index contributed by atoms with van der Waals surface area (Å²) >= 11 is 7.96. The number of rotatable bonds is 4. The van der Waals surface area contributed by atoms with Gasteiger partial charge in [-0.2, -0.15) is 5.10 Å². The highest BCUT2D eigenvalue weighted by atomic mass is 35.5. The van der Waals surface area contributed by atoms with E-state index in [1.807, 2.05) is 18.7 Å². The molecule has 0 aliphatic rings. The van der Waals surface area contributed by atoms with Gasteiger partial charge >= 0.3 is 0 Å². The molecular formula is C12H16ClN3S. The van der Waals surface area contributed by atoms with Crippen LogP contribution in [0.2, 0.25) is 5.02 Å². The van der Waals surface area contributed by atoms with Crippen molar-refractivity contribution in [2.24, 2.45) is 7.05 Å². The molecule has 1 N–H and O–H groups in total. The average molecular weight is 270 g/mol. The Morgan fingerprint density at radius 1 is 1.59 bits per heavy atom. The van der Waals surface area contributed by atoms with Gasteiger partial charge in [0, 0.05) is 24.5 Å². The first-order valence-electron chi connectivity index (χ1n) is 5.54. The SMILES string of the molecule is Cc1nn(C)c(CN[C@@H](C)c2cccs2)c1Cl. The third kappa shape index (κ3) is 2.70. The molecule has 0 bridgehead atoms. The van der Waals surface area contributed by atoms with Gasteiger partial charge in [-0.15, -0.1) is 11.3 Å². The maximum Gasteiger partial charge on any atom is 0.0860 e. The zero-order chi connectivity index (χ0) is 12.4. The number of nitrogens with zero attached hydrogens (tertiary/aromatic N) is 2. The van der Waals surface area contributed by atoms with Crippen molar-refractivity contribution in [2.45, 2.75) is 26.4 Å². The van der Waals surface area contributed by atoms with Crippen LogP contribution in [0.15, 0.2) is 17.5 Å². The Balaban J connectivity index is 2.03. The van der Waals surface area contributed by atoms with Crippen LogP contribution in [0, 0.1) is 6.92 Å². The molecule has 2 aromatic rings. The molecule has 0 unspecified atom stereocenters. The zero-order valence-electron chi connectivity index (χ0n) is 10.2. The molecule has 2 aromatic heterocycles. The van der Waals surface area contributed by atoms with Crippen molar-refractivity contribution >= 4 is 22.9 Å². The van der Waals surface area contributed by atoms with Crippen molar-refractivity contribution in [2.75, 3.05) is 0 Å². The van der Waals surface area contributed by atoms with Gasteiger partial charge in [0.1, 0.15) is 0 Å². The van der Waals surface area contributed by atoms with Crippen molar-refractivity contribution in [1.29, 1.82) is 0 Å². The Hall–Kier alpha value is -0.840. The molecule has 0 amide bonds. The molecule has 0 aliphatic heterocycles. The molecular weight excluding hydrogens is 254 g/mol. The van der Waals surface area contributed by atoms with E-state index in [1.165, 1.54) is 4.88 Å². The van der Waals surface area contributed by atoms with Crippen LogP contribution in [0.5, 0.6) is 0 Å². The molecule has 5 heteroatoms. The van der Waals surface area contributed by atoms with Gasteiger partial charge in [0.2, 0.25) is 0 Å². The standard InChI is InChI=1S/C12H16ClN3S/c1-8(11-5-4-6-17-11)14-7-10-12(13)9(2)15-16(10)3/h4-6,8,14H,7H2,1-3H3/t8-/m0/s1. The van der Waals surface area contributed by atoms with E-state index in [9.17, 15) is 0 Å². The second kappa shape index (κ2) is 5.21. The van der Waals surface area contributed by atoms with Crippen molar-refractivity contribution < 1.29 is 0 Å². The highest BCUT2D eigenvalue weighted by Crippen LogP contribution is 2.22. The van der Waals surface area contributed by atoms with E-state index >= 15 is 0 Å². The molecule has 0 aromatic carbocycles. The lowest BCUT2D eigenvalue weighted by Gasteiger charge is -2.12. The Morgan fingerprint density at radius 3 is 2.88 bits per heavy atom. The highest BCUT2D eigenvalue weighted by Gasteiger charge is 2.12. The second-order valence-corrected chi connectivity index (χ2v) is 5.44. The Labute approximate surface area is 110 Å². The summed E-state index contributed by atoms with van der Waals surface area (Å²) in [5, 5.41) is 10.6. The van der Waals surface area contributed by atoms with Crippen molar-refractivity contribution in [3.63, 3.8) is 0 Å². The smallest absolute Gasteiger partial charge is 0.0860 e. The van der Waals surface area contributed by atoms with Gasteiger partial charge in [0.05, 0.1) is 16.4 Å². The normalized spacial score (nSPS) is 12.9. The van der Waals surface area contributed by atoms with Crippen LogP contribution in [0.4, 0.5) is 0 Å². The van der Waals surface area contributed by atoms with Crippen LogP contribution < -0.4 is 5.32 Å². The number of aromatic nitrogens is 2. The molecule has 0 aliphatic carbocycles. The summed E-state index contributed by atoms with van der Waals surface area (Å²) in [4.78, 5) is 1.33. The predicted molar refractivity (Wildman–Crippen MR) is 72.5 cm³/mol. The molecule has 0 saturated carbocycles. The topological polar surface area (TPSA) is 29.9 Å². The molecule has 1 atom stereocenters. The van der Waals surface area contributed by atoms with Crippen LogP contribution in [-0.2, 0) is 13.6 Å². The predicted octanol–water partition coefficient (Wildman–Crippen LogP) is 3.29. The van der Waals surface area contributed by atoms with E-state index in [4.69, 9.17) is 11.6 Å². The number of hydrogen-bond donors (Lipinski definition) is 1. The first kappa shape index (κ1) is 12.6. The maximum atomic E-state index is 6.20. The fraction of sp³-hybridized carbons (Fsp3) is 0.417. The third-order valence-corrected chi connectivity index (χ3v) is 4.35. The summed E-state index contributed by atoms with van der Waals surface area (Å²) in [6.07, 6.45) is 0. The fourth-order valence-corrected chi connectivity index (χ4v) is 2.75. The maximum absolute atomic E-state index is 6.20. The average Bonchev–Trinajstić information content (AvgIpc) is 2.88. The summed E-state index contributed by atoms with van der Waals surface area (Å²) in [6, 6.07) is 4.54. The molecule has 2 heterocycles. The summed E-state index contributed by atoms with van der Waals surface area (Å²) in [6.45, 7) is 4.81. The lowest BCUT2D eigenvalue weighted by Crippen LogP contribution is -2.19. The van der Waals surface area contributed by atoms with Gasteiger partial charge < -0.3 is 5.32 Å². The van der Waals surface area contributed by atoms with Gasteiger partial charge in [-0.3, -0.25) is 4.68 Å². The minimum Gasteiger partial charge on any atom is -0.304 e. The van der Waals surface area contributed by atoms with Gasteiger partial charge in [-0.1, -0.05) is 17.7 Å². The van der Waals surface area contributed by atoms with Crippen LogP contribution >= 0.6 is 22.9 Å². The highest BCUT2D eigenvalue weighted by molar-refractivity contribution is 7.10. The van der Waals surface area contributed by atoms with Gasteiger partial charge in [-0.05, 0) is 25.3 Å². The second-order valence-electron chi connectivity index (χ2n) is 4.09. The van der Waals surface area contributed by atoms with E-state index in [1.54, 1.807) is 11.3 Å². The molecule has 2 rings (SSSR count). The van der Waals surface area contributed by atoms with Crippen molar-refractivity contribution in [3.8, 4) is 0 Å². The largest absolute Gasteiger partial charge is 0.304 e. The summed E-state index contributed by atoms with van der Waals surface area (Å²) < 4.78 is 1.84. The van der Waals surface area contributed by atoms with Crippen LogP contribution in [0.25, 0.3) is 0 Å². The van der Waals surface area contributed by atoms with Gasteiger partial charge in [0.15, 0.2) is 0 Å². The molecule has 3 nitrogen and oxygen atoms in total. The lowest BCUT2D eigenvalue weighted by molar-refractivity contribution is 0.554. The van der Waals surface area contributed by atoms with Gasteiger partial charge in [-0.25, -0.2) is 0 Å². The first-order chi connectivity index (χ1) is 8.09. The van der Waals surface area contributed by atoms with Crippen LogP contribution in [0.1, 0.15) is 29.2 Å². The van der Waals surface area contributed by atoms with E-state index < -0.39 is 0 Å². The molecule has 17 heavy (non-hydrogen) atoms. The zero-order valence-corrected chi connectivity index (χ0v) is 11.8. The Bertz CT molecular complexity index is 490. The van der Waals surface area contributed by atoms with E-state index in [0.717, 1.165) is 23.0 Å². The number of hydrogen-bond acceptors (Lipinski definition) is 3. The van der Waals surface area contributed by atoms with Crippen molar-refractivity contribution in [3.05, 3.63) is 38.8 Å². The van der Waals surface area contributed by atoms with E-state index in [2.05, 4.69) is 34.9 Å². The molecule has 92 valence electrons. The first-order valence-corrected chi connectivity index (χ1v) is 6.80. The third-order valence-electron chi connectivity index (χ3n) is 2.81. The minimum atomic E-state index is 0.335. The van der Waals surface area contributed by atoms with Crippen LogP contribution in [0.3, 0.4) is 0 Å². The monoisotopic (exact) mass is 269 g/mol. The quantitative estimate of drug-likeness (QED) is 0.923. The molecule has 0 saturated heterocycles. The molecule has 0 radical (unpaired) electrons. The summed E-state index contributed by atoms with van der Waals surface area (Å²) in [5.74, 6) is 0. The number of halogens is 1. The summed E-state index contributed by atoms with van der Waals surface area (Å²) in [5.41, 5.74) is 1.92.